The van der Waals surface area contributed by atoms with Crippen molar-refractivity contribution < 1.29 is 0 Å². The van der Waals surface area contributed by atoms with Gasteiger partial charge in [-0.25, -0.2) is 0 Å². The zero-order chi connectivity index (χ0) is 42.9. The summed E-state index contributed by atoms with van der Waals surface area (Å²) >= 11 is 0. The summed E-state index contributed by atoms with van der Waals surface area (Å²) in [5.74, 6) is 0. The minimum atomic E-state index is -0.497. The summed E-state index contributed by atoms with van der Waals surface area (Å²) in [6, 6.07) is 65.2. The predicted octanol–water partition coefficient (Wildman–Crippen LogP) is 16.4. The Labute approximate surface area is 368 Å². The van der Waals surface area contributed by atoms with Gasteiger partial charge in [0.15, 0.2) is 0 Å². The van der Waals surface area contributed by atoms with Gasteiger partial charge in [0.05, 0.1) is 11.1 Å². The molecule has 0 saturated carbocycles. The standard InChI is InChI=1S/C61H55N/c1-38-17-10-11-18-44(38)39-25-29-42(30-26-39)62(56-24-16-23-52-57(56)49-20-13-14-21-50(49)60(52,8)9)43-31-34-48-45-19-12-15-22-51(45)61(55(48)37-43)53-35-40(58(2,3)4)27-32-46(53)47-33-28-41(36-54(47)61)59(5,6)7/h10-37H,1-9H3. The van der Waals surface area contributed by atoms with Gasteiger partial charge in [0, 0.05) is 22.4 Å². The van der Waals surface area contributed by atoms with Crippen LogP contribution < -0.4 is 4.90 Å². The lowest BCUT2D eigenvalue weighted by Gasteiger charge is -2.34. The zero-order valence-electron chi connectivity index (χ0n) is 37.6. The lowest BCUT2D eigenvalue weighted by molar-refractivity contribution is 0.586. The maximum Gasteiger partial charge on any atom is 0.0726 e. The highest BCUT2D eigenvalue weighted by Crippen LogP contribution is 2.64. The van der Waals surface area contributed by atoms with Crippen LogP contribution in [0.3, 0.4) is 0 Å². The van der Waals surface area contributed by atoms with Crippen molar-refractivity contribution in [1.82, 2.24) is 0 Å². The Hall–Kier alpha value is -6.44. The third-order valence-electron chi connectivity index (χ3n) is 14.6. The van der Waals surface area contributed by atoms with E-state index < -0.39 is 5.41 Å². The molecule has 0 aromatic heterocycles. The molecule has 1 nitrogen and oxygen atoms in total. The van der Waals surface area contributed by atoms with Gasteiger partial charge in [-0.05, 0) is 137 Å². The van der Waals surface area contributed by atoms with Crippen molar-refractivity contribution in [3.63, 3.8) is 0 Å². The average molecular weight is 802 g/mol. The number of hydrogen-bond acceptors (Lipinski definition) is 1. The Balaban J connectivity index is 1.21. The largest absolute Gasteiger partial charge is 0.310 e. The van der Waals surface area contributed by atoms with Gasteiger partial charge in [-0.2, -0.15) is 0 Å². The molecule has 1 spiro atoms. The Bertz CT molecular complexity index is 3060. The second kappa shape index (κ2) is 13.3. The van der Waals surface area contributed by atoms with Gasteiger partial charge in [-0.3, -0.25) is 0 Å². The fraction of sp³-hybridized carbons (Fsp3) is 0.213. The normalized spacial score (nSPS) is 14.8. The minimum absolute atomic E-state index is 0.0105. The predicted molar refractivity (Wildman–Crippen MR) is 263 cm³/mol. The van der Waals surface area contributed by atoms with E-state index >= 15 is 0 Å². The smallest absolute Gasteiger partial charge is 0.0726 e. The molecule has 3 aliphatic carbocycles. The molecule has 0 aliphatic heterocycles. The van der Waals surface area contributed by atoms with Gasteiger partial charge in [0.2, 0.25) is 0 Å². The highest BCUT2D eigenvalue weighted by atomic mass is 15.1. The summed E-state index contributed by atoms with van der Waals surface area (Å²) in [5, 5.41) is 0. The molecule has 62 heavy (non-hydrogen) atoms. The molecule has 0 saturated heterocycles. The van der Waals surface area contributed by atoms with Gasteiger partial charge in [0.1, 0.15) is 0 Å². The molecule has 0 heterocycles. The molecule has 0 fully saturated rings. The van der Waals surface area contributed by atoms with Crippen LogP contribution in [0, 0.1) is 6.92 Å². The molecular weight excluding hydrogens is 747 g/mol. The number of nitrogens with zero attached hydrogens (tertiary/aromatic N) is 1. The molecule has 0 amide bonds. The number of hydrogen-bond donors (Lipinski definition) is 0. The Kier molecular flexibility index (Phi) is 8.24. The summed E-state index contributed by atoms with van der Waals surface area (Å²) < 4.78 is 0. The molecule has 1 heteroatoms. The molecule has 0 atom stereocenters. The molecule has 11 rings (SSSR count). The molecule has 0 radical (unpaired) electrons. The first-order chi connectivity index (χ1) is 29.7. The van der Waals surface area contributed by atoms with E-state index in [9.17, 15) is 0 Å². The fourth-order valence-electron chi connectivity index (χ4n) is 11.3. The van der Waals surface area contributed by atoms with Crippen molar-refractivity contribution in [3.05, 3.63) is 220 Å². The lowest BCUT2D eigenvalue weighted by Crippen LogP contribution is -2.27. The minimum Gasteiger partial charge on any atom is -0.310 e. The van der Waals surface area contributed by atoms with Crippen molar-refractivity contribution in [3.8, 4) is 44.5 Å². The summed E-state index contributed by atoms with van der Waals surface area (Å²) in [5.41, 5.74) is 25.5. The van der Waals surface area contributed by atoms with Gasteiger partial charge < -0.3 is 4.90 Å². The summed E-state index contributed by atoms with van der Waals surface area (Å²) in [4.78, 5) is 2.55. The van der Waals surface area contributed by atoms with E-state index in [0.29, 0.717) is 0 Å². The van der Waals surface area contributed by atoms with Gasteiger partial charge in [-0.1, -0.05) is 195 Å². The van der Waals surface area contributed by atoms with Crippen LogP contribution in [0.2, 0.25) is 0 Å². The lowest BCUT2D eigenvalue weighted by atomic mass is 9.68. The number of rotatable bonds is 4. The summed E-state index contributed by atoms with van der Waals surface area (Å²) in [7, 11) is 0. The first-order valence-corrected chi connectivity index (χ1v) is 22.4. The number of benzene rings is 8. The molecular formula is C61H55N. The number of anilines is 3. The second-order valence-corrected chi connectivity index (χ2v) is 20.6. The van der Waals surface area contributed by atoms with Crippen molar-refractivity contribution in [2.24, 2.45) is 0 Å². The SMILES string of the molecule is Cc1ccccc1-c1ccc(N(c2ccc3c(c2)C2(c4ccccc4-3)c3cc(C(C)(C)C)ccc3-c3ccc(C(C)(C)C)cc32)c2cccc3c2-c2ccccc2C3(C)C)cc1. The van der Waals surface area contributed by atoms with E-state index in [-0.39, 0.29) is 16.2 Å². The van der Waals surface area contributed by atoms with E-state index in [4.69, 9.17) is 0 Å². The molecule has 8 aromatic carbocycles. The van der Waals surface area contributed by atoms with Crippen LogP contribution in [0.4, 0.5) is 17.1 Å². The Morgan fingerprint density at radius 1 is 0.387 bits per heavy atom. The number of fused-ring (bicyclic) bond motifs is 13. The van der Waals surface area contributed by atoms with E-state index in [1.165, 1.54) is 100 Å². The first kappa shape index (κ1) is 38.5. The van der Waals surface area contributed by atoms with Crippen LogP contribution in [0.1, 0.15) is 105 Å². The summed E-state index contributed by atoms with van der Waals surface area (Å²) in [6.07, 6.45) is 0. The molecule has 3 aliphatic rings. The van der Waals surface area contributed by atoms with Crippen molar-refractivity contribution in [1.29, 1.82) is 0 Å². The second-order valence-electron chi connectivity index (χ2n) is 20.6. The van der Waals surface area contributed by atoms with E-state index in [0.717, 1.165) is 11.4 Å². The average Bonchev–Trinajstić information content (AvgIpc) is 3.82. The maximum atomic E-state index is 2.56. The van der Waals surface area contributed by atoms with E-state index in [1.807, 2.05) is 0 Å². The van der Waals surface area contributed by atoms with Crippen LogP contribution in [-0.2, 0) is 21.7 Å². The molecule has 8 aromatic rings. The third kappa shape index (κ3) is 5.40. The molecule has 0 bridgehead atoms. The van der Waals surface area contributed by atoms with E-state index in [2.05, 4.69) is 237 Å². The van der Waals surface area contributed by atoms with Gasteiger partial charge in [0.25, 0.3) is 0 Å². The van der Waals surface area contributed by atoms with Crippen LogP contribution in [0.25, 0.3) is 44.5 Å². The zero-order valence-corrected chi connectivity index (χ0v) is 37.6. The maximum absolute atomic E-state index is 2.56. The van der Waals surface area contributed by atoms with E-state index in [1.54, 1.807) is 0 Å². The highest BCUT2D eigenvalue weighted by Gasteiger charge is 2.52. The fourth-order valence-corrected chi connectivity index (χ4v) is 11.3. The van der Waals surface area contributed by atoms with Gasteiger partial charge in [-0.15, -0.1) is 0 Å². The quantitative estimate of drug-likeness (QED) is 0.171. The van der Waals surface area contributed by atoms with Gasteiger partial charge >= 0.3 is 0 Å². The Morgan fingerprint density at radius 2 is 0.871 bits per heavy atom. The first-order valence-electron chi connectivity index (χ1n) is 22.4. The van der Waals surface area contributed by atoms with Crippen LogP contribution in [0.15, 0.2) is 170 Å². The monoisotopic (exact) mass is 801 g/mol. The number of aryl methyl sites for hydroxylation is 1. The van der Waals surface area contributed by atoms with Crippen molar-refractivity contribution in [2.45, 2.75) is 84.0 Å². The Morgan fingerprint density at radius 3 is 1.48 bits per heavy atom. The highest BCUT2D eigenvalue weighted by molar-refractivity contribution is 5.99. The van der Waals surface area contributed by atoms with Crippen LogP contribution in [-0.4, -0.2) is 0 Å². The van der Waals surface area contributed by atoms with Crippen molar-refractivity contribution in [2.75, 3.05) is 4.90 Å². The van der Waals surface area contributed by atoms with Crippen LogP contribution >= 0.6 is 0 Å². The van der Waals surface area contributed by atoms with Crippen LogP contribution in [0.5, 0.6) is 0 Å². The topological polar surface area (TPSA) is 3.24 Å². The molecule has 0 N–H and O–H groups in total. The third-order valence-corrected chi connectivity index (χ3v) is 14.6. The molecule has 0 unspecified atom stereocenters. The summed E-state index contributed by atoms with van der Waals surface area (Å²) in [6.45, 7) is 21.0. The van der Waals surface area contributed by atoms with Crippen molar-refractivity contribution >= 4 is 17.1 Å². The molecule has 304 valence electrons.